The number of benzene rings is 1. The first kappa shape index (κ1) is 22.3. The third kappa shape index (κ3) is 5.13. The van der Waals surface area contributed by atoms with Crippen molar-refractivity contribution in [3.8, 4) is 5.75 Å². The average molecular weight is 566 g/mol. The zero-order valence-corrected chi connectivity index (χ0v) is 21.0. The number of carbonyl (C=O) groups excluding carboxylic acids is 1. The molecule has 1 aliphatic rings. The van der Waals surface area contributed by atoms with Crippen molar-refractivity contribution in [3.05, 3.63) is 66.8 Å². The van der Waals surface area contributed by atoms with Crippen LogP contribution in [0, 0.1) is 0 Å². The maximum atomic E-state index is 13.1. The summed E-state index contributed by atoms with van der Waals surface area (Å²) in [4.78, 5) is 19.1. The van der Waals surface area contributed by atoms with E-state index in [2.05, 4.69) is 37.2 Å². The zero-order valence-electron chi connectivity index (χ0n) is 17.0. The summed E-state index contributed by atoms with van der Waals surface area (Å²) < 4.78 is 12.9. The Bertz CT molecular complexity index is 1110. The Kier molecular flexibility index (Phi) is 7.30. The molecule has 0 spiro atoms. The molecule has 0 bridgehead atoms. The molecule has 1 N–H and O–H groups in total. The molecule has 5 nitrogen and oxygen atoms in total. The molecule has 0 fully saturated rings. The summed E-state index contributed by atoms with van der Waals surface area (Å²) in [7, 11) is 0. The third-order valence-corrected chi connectivity index (χ3v) is 7.28. The van der Waals surface area contributed by atoms with E-state index in [0.717, 1.165) is 62.3 Å². The van der Waals surface area contributed by atoms with Crippen LogP contribution in [0.5, 0.6) is 5.75 Å². The fraction of sp³-hybridized carbons (Fsp3) is 0.304. The number of amides is 1. The predicted octanol–water partition coefficient (Wildman–Crippen LogP) is 6.82. The molecule has 162 valence electrons. The van der Waals surface area contributed by atoms with Crippen LogP contribution in [0.3, 0.4) is 0 Å². The van der Waals surface area contributed by atoms with Crippen LogP contribution in [0.2, 0.25) is 0 Å². The minimum atomic E-state index is -0.108. The lowest BCUT2D eigenvalue weighted by Gasteiger charge is -2.12. The number of nitrogens with one attached hydrogen (secondary N) is 1. The van der Waals surface area contributed by atoms with E-state index in [1.807, 2.05) is 31.2 Å². The van der Waals surface area contributed by atoms with Gasteiger partial charge in [-0.1, -0.05) is 15.9 Å². The molecule has 1 amide bonds. The molecule has 0 radical (unpaired) electrons. The van der Waals surface area contributed by atoms with Crippen LogP contribution in [-0.4, -0.2) is 18.7 Å². The molecular weight excluding hydrogens is 544 g/mol. The van der Waals surface area contributed by atoms with Gasteiger partial charge in [-0.25, -0.2) is 4.99 Å². The van der Waals surface area contributed by atoms with E-state index in [1.54, 1.807) is 23.8 Å². The molecule has 1 aliphatic carbocycles. The maximum absolute atomic E-state index is 13.1. The largest absolute Gasteiger partial charge is 0.492 e. The van der Waals surface area contributed by atoms with Crippen molar-refractivity contribution in [2.45, 2.75) is 39.2 Å². The van der Waals surface area contributed by atoms with E-state index in [1.165, 1.54) is 4.88 Å². The molecule has 0 saturated heterocycles. The van der Waals surface area contributed by atoms with Gasteiger partial charge in [0.1, 0.15) is 16.5 Å². The summed E-state index contributed by atoms with van der Waals surface area (Å²) in [6.07, 6.45) is 7.55. The Hall–Kier alpha value is -1.90. The second-order valence-electron chi connectivity index (χ2n) is 7.15. The predicted molar refractivity (Wildman–Crippen MR) is 131 cm³/mol. The second-order valence-corrected chi connectivity index (χ2v) is 10.0. The molecule has 0 unspecified atom stereocenters. The van der Waals surface area contributed by atoms with Crippen LogP contribution in [0.15, 0.2) is 48.9 Å². The third-order valence-electron chi connectivity index (χ3n) is 5.03. The number of ether oxygens (including phenoxy) is 1. The number of hydrogen-bond donors (Lipinski definition) is 1. The fourth-order valence-electron chi connectivity index (χ4n) is 3.65. The molecule has 4 rings (SSSR count). The van der Waals surface area contributed by atoms with E-state index < -0.39 is 0 Å². The summed E-state index contributed by atoms with van der Waals surface area (Å²) >= 11 is 8.71. The van der Waals surface area contributed by atoms with E-state index in [4.69, 9.17) is 14.1 Å². The average Bonchev–Trinajstić information content (AvgIpc) is 3.40. The Morgan fingerprint density at radius 3 is 2.94 bits per heavy atom. The highest BCUT2D eigenvalue weighted by Crippen LogP contribution is 2.40. The molecule has 0 saturated carbocycles. The van der Waals surface area contributed by atoms with Gasteiger partial charge >= 0.3 is 0 Å². The first-order chi connectivity index (χ1) is 15.1. The van der Waals surface area contributed by atoms with Crippen molar-refractivity contribution in [1.82, 2.24) is 5.32 Å². The van der Waals surface area contributed by atoms with Crippen LogP contribution in [0.4, 0.5) is 5.00 Å². The molecular formula is C23H22Br2N2O3S. The van der Waals surface area contributed by atoms with E-state index in [0.29, 0.717) is 18.7 Å². The van der Waals surface area contributed by atoms with Crippen molar-refractivity contribution in [3.63, 3.8) is 0 Å². The number of aliphatic imine (C=N–C) groups is 1. The summed E-state index contributed by atoms with van der Waals surface area (Å²) in [6, 6.07) is 7.57. The Labute approximate surface area is 202 Å². The standard InChI is InChI=1S/C23H22Br2N2O3S/c1-2-29-21-14(10-15(24)11-18(21)25)12-27-23-20(17-7-3-4-8-19(17)31-23)22(28)26-13-16-6-5-9-30-16/h5-6,9-12H,2-4,7-8,13H2,1H3,(H,26,28). The number of hydrogen-bond acceptors (Lipinski definition) is 5. The number of carbonyl (C=O) groups is 1. The first-order valence-corrected chi connectivity index (χ1v) is 12.6. The minimum Gasteiger partial charge on any atom is -0.492 e. The van der Waals surface area contributed by atoms with Crippen LogP contribution in [-0.2, 0) is 19.4 Å². The smallest absolute Gasteiger partial charge is 0.255 e. The van der Waals surface area contributed by atoms with Gasteiger partial charge in [0.15, 0.2) is 0 Å². The van der Waals surface area contributed by atoms with Crippen LogP contribution in [0.25, 0.3) is 0 Å². The lowest BCUT2D eigenvalue weighted by Crippen LogP contribution is -2.23. The molecule has 1 aromatic carbocycles. The van der Waals surface area contributed by atoms with Crippen molar-refractivity contribution in [2.75, 3.05) is 6.61 Å². The van der Waals surface area contributed by atoms with Gasteiger partial charge in [-0.2, -0.15) is 0 Å². The van der Waals surface area contributed by atoms with Gasteiger partial charge < -0.3 is 14.5 Å². The number of aryl methyl sites for hydroxylation is 1. The van der Waals surface area contributed by atoms with E-state index in [9.17, 15) is 4.79 Å². The lowest BCUT2D eigenvalue weighted by molar-refractivity contribution is 0.0948. The van der Waals surface area contributed by atoms with Gasteiger partial charge in [-0.15, -0.1) is 11.3 Å². The fourth-order valence-corrected chi connectivity index (χ4v) is 6.25. The summed E-state index contributed by atoms with van der Waals surface area (Å²) in [5, 5.41) is 3.72. The highest BCUT2D eigenvalue weighted by molar-refractivity contribution is 9.11. The summed E-state index contributed by atoms with van der Waals surface area (Å²) in [6.45, 7) is 2.85. The summed E-state index contributed by atoms with van der Waals surface area (Å²) in [5.41, 5.74) is 2.67. The van der Waals surface area contributed by atoms with E-state index >= 15 is 0 Å². The normalized spacial score (nSPS) is 13.4. The Morgan fingerprint density at radius 1 is 1.32 bits per heavy atom. The van der Waals surface area contributed by atoms with Crippen LogP contribution >= 0.6 is 43.2 Å². The van der Waals surface area contributed by atoms with Crippen LogP contribution < -0.4 is 10.1 Å². The van der Waals surface area contributed by atoms with Crippen molar-refractivity contribution < 1.29 is 13.9 Å². The summed E-state index contributed by atoms with van der Waals surface area (Å²) in [5.74, 6) is 1.35. The number of thiophene rings is 1. The number of furan rings is 1. The van der Waals surface area contributed by atoms with Gasteiger partial charge in [0.05, 0.1) is 29.5 Å². The van der Waals surface area contributed by atoms with E-state index in [-0.39, 0.29) is 5.91 Å². The number of rotatable bonds is 7. The van der Waals surface area contributed by atoms with Gasteiger partial charge in [0, 0.05) is 21.1 Å². The molecule has 2 heterocycles. The highest BCUT2D eigenvalue weighted by Gasteiger charge is 2.25. The van der Waals surface area contributed by atoms with Crippen molar-refractivity contribution in [2.24, 2.45) is 4.99 Å². The molecule has 31 heavy (non-hydrogen) atoms. The Balaban J connectivity index is 1.67. The van der Waals surface area contributed by atoms with Gasteiger partial charge in [-0.3, -0.25) is 4.79 Å². The second kappa shape index (κ2) is 10.1. The highest BCUT2D eigenvalue weighted by atomic mass is 79.9. The van der Waals surface area contributed by atoms with Crippen molar-refractivity contribution in [1.29, 1.82) is 0 Å². The molecule has 8 heteroatoms. The molecule has 0 atom stereocenters. The quantitative estimate of drug-likeness (QED) is 0.319. The van der Waals surface area contributed by atoms with Gasteiger partial charge in [-0.05, 0) is 78.4 Å². The molecule has 2 aromatic heterocycles. The SMILES string of the molecule is CCOc1c(Br)cc(Br)cc1C=Nc1sc2c(c1C(=O)NCc1ccco1)CCCC2. The lowest BCUT2D eigenvalue weighted by atomic mass is 9.95. The zero-order chi connectivity index (χ0) is 21.8. The minimum absolute atomic E-state index is 0.108. The van der Waals surface area contributed by atoms with Gasteiger partial charge in [0.2, 0.25) is 0 Å². The maximum Gasteiger partial charge on any atom is 0.255 e. The molecule has 3 aromatic rings. The molecule has 0 aliphatic heterocycles. The van der Waals surface area contributed by atoms with Crippen molar-refractivity contribution >= 4 is 60.3 Å². The number of fused-ring (bicyclic) bond motifs is 1. The number of nitrogens with zero attached hydrogens (tertiary/aromatic N) is 1. The van der Waals surface area contributed by atoms with Crippen LogP contribution in [0.1, 0.15) is 51.9 Å². The monoisotopic (exact) mass is 564 g/mol. The topological polar surface area (TPSA) is 63.8 Å². The van der Waals surface area contributed by atoms with Gasteiger partial charge in [0.25, 0.3) is 5.91 Å². The number of halogens is 2. The Morgan fingerprint density at radius 2 is 2.16 bits per heavy atom. The first-order valence-electron chi connectivity index (χ1n) is 10.2.